The van der Waals surface area contributed by atoms with Gasteiger partial charge < -0.3 is 16.0 Å². The zero-order valence-electron chi connectivity index (χ0n) is 14.8. The summed E-state index contributed by atoms with van der Waals surface area (Å²) < 4.78 is 15.5. The minimum absolute atomic E-state index is 0.136. The van der Waals surface area contributed by atoms with Crippen molar-refractivity contribution in [2.24, 2.45) is 5.92 Å². The van der Waals surface area contributed by atoms with Gasteiger partial charge in [0.1, 0.15) is 12.7 Å². The average molecular weight is 446 g/mol. The molecule has 1 aromatic rings. The molecule has 2 aliphatic heterocycles. The summed E-state index contributed by atoms with van der Waals surface area (Å²) in [4.78, 5) is 25.2. The summed E-state index contributed by atoms with van der Waals surface area (Å²) in [5.74, 6) is -0.805. The van der Waals surface area contributed by atoms with E-state index in [9.17, 15) is 14.0 Å². The van der Waals surface area contributed by atoms with Crippen molar-refractivity contribution in [2.45, 2.75) is 36.5 Å². The van der Waals surface area contributed by atoms with Crippen LogP contribution >= 0.6 is 35.1 Å². The molecule has 3 unspecified atom stereocenters. The van der Waals surface area contributed by atoms with Crippen LogP contribution in [0.1, 0.15) is 13.3 Å². The molecule has 7 nitrogen and oxygen atoms in total. The number of carbonyl (C=O) groups excluding carboxylic acids is 2. The molecule has 0 bridgehead atoms. The van der Waals surface area contributed by atoms with Gasteiger partial charge in [-0.15, -0.1) is 0 Å². The smallest absolute Gasteiger partial charge is 0.332 e. The predicted octanol–water partition coefficient (Wildman–Crippen LogP) is 3.19. The lowest BCUT2D eigenvalue weighted by Crippen LogP contribution is -2.58. The molecule has 2 heterocycles. The number of hydrogen-bond acceptors (Lipinski definition) is 5. The van der Waals surface area contributed by atoms with Gasteiger partial charge in [-0.2, -0.15) is 5.26 Å². The van der Waals surface area contributed by atoms with E-state index >= 15 is 0 Å². The highest BCUT2D eigenvalue weighted by Gasteiger charge is 2.35. The fraction of sp³-hybridized carbons (Fsp3) is 0.471. The molecule has 11 heteroatoms. The van der Waals surface area contributed by atoms with Crippen LogP contribution in [0.5, 0.6) is 0 Å². The van der Waals surface area contributed by atoms with E-state index in [-0.39, 0.29) is 18.9 Å². The molecule has 28 heavy (non-hydrogen) atoms. The molecule has 4 atom stereocenters. The Morgan fingerprint density at radius 3 is 2.96 bits per heavy atom. The van der Waals surface area contributed by atoms with Crippen LogP contribution in [0.4, 0.5) is 14.9 Å². The van der Waals surface area contributed by atoms with E-state index < -0.39 is 30.2 Å². The van der Waals surface area contributed by atoms with Gasteiger partial charge in [-0.05, 0) is 37.4 Å². The first-order valence-electron chi connectivity index (χ1n) is 8.60. The standard InChI is InChI=1S/C17H18Cl2FN5O2S/c1-8(15-12(20)2-9(5-21)6-22-15)23-14(26)7-25-17(27)24-13-4-10(18)3-11(19)16(13)28-25/h3-4,8-9,12,15,22H,2,6-7H2,1H3,(H,23,26)(H,24,27)/t8-,9?,12?,15?/m0/s1. The van der Waals surface area contributed by atoms with Crippen LogP contribution in [0, 0.1) is 17.2 Å². The summed E-state index contributed by atoms with van der Waals surface area (Å²) in [6, 6.07) is 3.61. The average Bonchev–Trinajstić information content (AvgIpc) is 2.62. The molecule has 150 valence electrons. The maximum atomic E-state index is 14.3. The van der Waals surface area contributed by atoms with Gasteiger partial charge in [0, 0.05) is 17.6 Å². The summed E-state index contributed by atoms with van der Waals surface area (Å²) in [6.07, 6.45) is -1.10. The zero-order chi connectivity index (χ0) is 20.4. The van der Waals surface area contributed by atoms with Gasteiger partial charge in [-0.3, -0.25) is 9.10 Å². The van der Waals surface area contributed by atoms with Crippen LogP contribution in [0.3, 0.4) is 0 Å². The fourth-order valence-electron chi connectivity index (χ4n) is 3.20. The summed E-state index contributed by atoms with van der Waals surface area (Å²) in [5.41, 5.74) is 0.483. The van der Waals surface area contributed by atoms with Crippen molar-refractivity contribution in [1.29, 1.82) is 5.26 Å². The maximum absolute atomic E-state index is 14.3. The van der Waals surface area contributed by atoms with Crippen molar-refractivity contribution in [3.8, 4) is 6.07 Å². The second-order valence-corrected chi connectivity index (χ2v) is 8.57. The second-order valence-electron chi connectivity index (χ2n) is 6.69. The molecule has 0 spiro atoms. The van der Waals surface area contributed by atoms with Gasteiger partial charge in [0.2, 0.25) is 5.91 Å². The van der Waals surface area contributed by atoms with Gasteiger partial charge in [0.15, 0.2) is 0 Å². The first-order chi connectivity index (χ1) is 13.3. The second kappa shape index (κ2) is 8.74. The van der Waals surface area contributed by atoms with Crippen molar-refractivity contribution >= 4 is 52.8 Å². The van der Waals surface area contributed by atoms with Crippen LogP contribution in [-0.4, -0.2) is 47.6 Å². The molecular weight excluding hydrogens is 428 g/mol. The lowest BCUT2D eigenvalue weighted by molar-refractivity contribution is -0.121. The third-order valence-corrected chi connectivity index (χ3v) is 6.34. The van der Waals surface area contributed by atoms with Crippen LogP contribution in [0.2, 0.25) is 10.0 Å². The maximum Gasteiger partial charge on any atom is 0.332 e. The molecule has 0 aromatic heterocycles. The number of nitrogens with zero attached hydrogens (tertiary/aromatic N) is 2. The van der Waals surface area contributed by atoms with E-state index in [1.165, 1.54) is 4.31 Å². The molecule has 1 aromatic carbocycles. The third-order valence-electron chi connectivity index (χ3n) is 4.57. The molecule has 3 N–H and O–H groups in total. The highest BCUT2D eigenvalue weighted by atomic mass is 35.5. The number of carbonyl (C=O) groups is 2. The summed E-state index contributed by atoms with van der Waals surface area (Å²) in [6.45, 7) is 1.83. The Bertz CT molecular complexity index is 837. The SMILES string of the molecule is C[C@H](NC(=O)CN1Sc2c(Cl)cc(Cl)cc2NC1=O)C1NCC(C#N)CC1F. The van der Waals surface area contributed by atoms with Crippen molar-refractivity contribution in [1.82, 2.24) is 14.9 Å². The monoisotopic (exact) mass is 445 g/mol. The van der Waals surface area contributed by atoms with Crippen molar-refractivity contribution < 1.29 is 14.0 Å². The van der Waals surface area contributed by atoms with Gasteiger partial charge in [-0.25, -0.2) is 9.18 Å². The molecule has 3 amide bonds. The van der Waals surface area contributed by atoms with E-state index in [2.05, 4.69) is 16.0 Å². The van der Waals surface area contributed by atoms with Gasteiger partial charge in [-0.1, -0.05) is 23.2 Å². The first kappa shape index (κ1) is 21.0. The van der Waals surface area contributed by atoms with E-state index in [0.29, 0.717) is 27.2 Å². The number of nitriles is 1. The van der Waals surface area contributed by atoms with E-state index in [0.717, 1.165) is 11.9 Å². The highest BCUT2D eigenvalue weighted by molar-refractivity contribution is 7.98. The molecule has 3 rings (SSSR count). The molecule has 0 saturated carbocycles. The molecule has 1 saturated heterocycles. The molecule has 1 fully saturated rings. The van der Waals surface area contributed by atoms with E-state index in [1.807, 2.05) is 6.07 Å². The lowest BCUT2D eigenvalue weighted by Gasteiger charge is -2.35. The Balaban J connectivity index is 1.59. The number of benzene rings is 1. The van der Waals surface area contributed by atoms with E-state index in [4.69, 9.17) is 28.5 Å². The Morgan fingerprint density at radius 1 is 1.54 bits per heavy atom. The summed E-state index contributed by atoms with van der Waals surface area (Å²) >= 11 is 13.1. The quantitative estimate of drug-likeness (QED) is 0.618. The first-order valence-corrected chi connectivity index (χ1v) is 10.1. The third kappa shape index (κ3) is 4.63. The van der Waals surface area contributed by atoms with E-state index in [1.54, 1.807) is 19.1 Å². The van der Waals surface area contributed by atoms with Crippen LogP contribution < -0.4 is 16.0 Å². The number of amides is 3. The Labute approximate surface area is 176 Å². The largest absolute Gasteiger partial charge is 0.350 e. The number of rotatable bonds is 4. The van der Waals surface area contributed by atoms with Crippen molar-refractivity contribution in [3.63, 3.8) is 0 Å². The summed E-state index contributed by atoms with van der Waals surface area (Å²) in [7, 11) is 0. The predicted molar refractivity (Wildman–Crippen MR) is 106 cm³/mol. The molecule has 0 radical (unpaired) electrons. The Kier molecular flexibility index (Phi) is 6.55. The van der Waals surface area contributed by atoms with Crippen LogP contribution in [0.25, 0.3) is 0 Å². The minimum atomic E-state index is -1.24. The van der Waals surface area contributed by atoms with Crippen molar-refractivity contribution in [2.75, 3.05) is 18.4 Å². The Morgan fingerprint density at radius 2 is 2.29 bits per heavy atom. The number of anilines is 1. The van der Waals surface area contributed by atoms with Crippen LogP contribution in [0.15, 0.2) is 17.0 Å². The van der Waals surface area contributed by atoms with Crippen molar-refractivity contribution in [3.05, 3.63) is 22.2 Å². The number of piperidine rings is 1. The number of hydrogen-bond donors (Lipinski definition) is 3. The number of halogens is 3. The minimum Gasteiger partial charge on any atom is -0.350 e. The Hall–Kier alpha value is -1.73. The highest BCUT2D eigenvalue weighted by Crippen LogP contribution is 2.41. The zero-order valence-corrected chi connectivity index (χ0v) is 17.2. The molecule has 2 aliphatic rings. The number of alkyl halides is 1. The number of nitrogens with one attached hydrogen (secondary N) is 3. The molecule has 0 aliphatic carbocycles. The normalized spacial score (nSPS) is 25.3. The number of fused-ring (bicyclic) bond motifs is 1. The number of urea groups is 1. The molecular formula is C17H18Cl2FN5O2S. The van der Waals surface area contributed by atoms with Gasteiger partial charge in [0.05, 0.1) is 33.6 Å². The fourth-order valence-corrected chi connectivity index (χ4v) is 4.68. The lowest BCUT2D eigenvalue weighted by atomic mass is 9.90. The van der Waals surface area contributed by atoms with Gasteiger partial charge in [0.25, 0.3) is 0 Å². The topological polar surface area (TPSA) is 97.3 Å². The summed E-state index contributed by atoms with van der Waals surface area (Å²) in [5, 5.41) is 18.0. The van der Waals surface area contributed by atoms with Gasteiger partial charge >= 0.3 is 6.03 Å². The van der Waals surface area contributed by atoms with Crippen LogP contribution in [-0.2, 0) is 4.79 Å².